The van der Waals surface area contributed by atoms with E-state index in [2.05, 4.69) is 15.9 Å². The summed E-state index contributed by atoms with van der Waals surface area (Å²) in [6.07, 6.45) is 0.117. The minimum absolute atomic E-state index is 0.103. The lowest BCUT2D eigenvalue weighted by Crippen LogP contribution is -2.21. The molecule has 0 bridgehead atoms. The Morgan fingerprint density at radius 2 is 1.65 bits per heavy atom. The first-order valence-corrected chi connectivity index (χ1v) is 7.97. The molecule has 1 aliphatic carbocycles. The molecule has 0 aliphatic heterocycles. The smallest absolute Gasteiger partial charge is 0.312 e. The van der Waals surface area contributed by atoms with Crippen molar-refractivity contribution in [1.29, 1.82) is 0 Å². The topological polar surface area (TPSA) is 80.7 Å². The highest BCUT2D eigenvalue weighted by molar-refractivity contribution is 9.09. The van der Waals surface area contributed by atoms with Crippen LogP contribution in [0.25, 0.3) is 0 Å². The van der Waals surface area contributed by atoms with Crippen molar-refractivity contribution < 1.29 is 24.2 Å². The van der Waals surface area contributed by atoms with Gasteiger partial charge in [0.05, 0.1) is 12.0 Å². The average Bonchev–Trinajstić information content (AvgIpc) is 2.54. The summed E-state index contributed by atoms with van der Waals surface area (Å²) >= 11 is 3.12. The average molecular weight is 375 g/mol. The van der Waals surface area contributed by atoms with Crippen molar-refractivity contribution in [2.45, 2.75) is 6.42 Å². The number of rotatable bonds is 3. The number of phenols is 1. The first kappa shape index (κ1) is 15.4. The molecule has 0 aromatic heterocycles. The van der Waals surface area contributed by atoms with Crippen molar-refractivity contribution in [3.8, 4) is 11.5 Å². The summed E-state index contributed by atoms with van der Waals surface area (Å²) in [6, 6.07) is 9.12. The Morgan fingerprint density at radius 3 is 2.30 bits per heavy atom. The quantitative estimate of drug-likeness (QED) is 0.433. The minimum atomic E-state index is -0.549. The van der Waals surface area contributed by atoms with Crippen LogP contribution in [-0.2, 0) is 4.79 Å². The van der Waals surface area contributed by atoms with E-state index in [4.69, 9.17) is 4.74 Å². The van der Waals surface area contributed by atoms with E-state index in [0.717, 1.165) is 0 Å². The lowest BCUT2D eigenvalue weighted by atomic mass is 9.83. The van der Waals surface area contributed by atoms with Crippen LogP contribution in [0.5, 0.6) is 11.5 Å². The van der Waals surface area contributed by atoms with Gasteiger partial charge in [-0.3, -0.25) is 14.4 Å². The summed E-state index contributed by atoms with van der Waals surface area (Å²) in [5.74, 6) is -1.98. The molecule has 2 aromatic carbocycles. The van der Waals surface area contributed by atoms with E-state index in [-0.39, 0.29) is 34.6 Å². The zero-order valence-corrected chi connectivity index (χ0v) is 13.4. The van der Waals surface area contributed by atoms with Crippen LogP contribution in [0.15, 0.2) is 36.4 Å². The number of benzene rings is 2. The Bertz CT molecular complexity index is 841. The number of aromatic hydroxyl groups is 1. The van der Waals surface area contributed by atoms with Gasteiger partial charge >= 0.3 is 5.97 Å². The van der Waals surface area contributed by atoms with Gasteiger partial charge < -0.3 is 9.84 Å². The van der Waals surface area contributed by atoms with Gasteiger partial charge in [-0.2, -0.15) is 0 Å². The molecule has 0 amide bonds. The number of alkyl halides is 1. The van der Waals surface area contributed by atoms with Gasteiger partial charge in [-0.15, -0.1) is 0 Å². The number of ether oxygens (including phenoxy) is 1. The van der Waals surface area contributed by atoms with Gasteiger partial charge in [-0.25, -0.2) is 0 Å². The standard InChI is InChI=1S/C17H11BrO5/c18-8-7-13(19)23-12-6-5-11-14(17(12)22)16(21)10-4-2-1-3-9(10)15(11)20/h1-6,22H,7-8H2. The van der Waals surface area contributed by atoms with Crippen molar-refractivity contribution in [2.75, 3.05) is 5.33 Å². The molecule has 5 nitrogen and oxygen atoms in total. The summed E-state index contributed by atoms with van der Waals surface area (Å²) in [6.45, 7) is 0. The fourth-order valence-electron chi connectivity index (χ4n) is 2.48. The Morgan fingerprint density at radius 1 is 1.00 bits per heavy atom. The Kier molecular flexibility index (Phi) is 4.00. The van der Waals surface area contributed by atoms with Crippen LogP contribution in [0.2, 0.25) is 0 Å². The van der Waals surface area contributed by atoms with Gasteiger partial charge in [0.25, 0.3) is 0 Å². The number of phenolic OH excluding ortho intramolecular Hbond substituents is 1. The maximum absolute atomic E-state index is 12.6. The third-order valence-corrected chi connectivity index (χ3v) is 3.95. The minimum Gasteiger partial charge on any atom is -0.504 e. The molecule has 0 atom stereocenters. The summed E-state index contributed by atoms with van der Waals surface area (Å²) in [5.41, 5.74) is 0.502. The van der Waals surface area contributed by atoms with E-state index >= 15 is 0 Å². The summed E-state index contributed by atoms with van der Waals surface area (Å²) in [4.78, 5) is 36.6. The van der Waals surface area contributed by atoms with Crippen molar-refractivity contribution >= 4 is 33.5 Å². The number of fused-ring (bicyclic) bond motifs is 2. The number of ketones is 2. The molecule has 1 N–H and O–H groups in total. The number of carbonyl (C=O) groups excluding carboxylic acids is 3. The number of halogens is 1. The van der Waals surface area contributed by atoms with Crippen LogP contribution in [-0.4, -0.2) is 28.0 Å². The molecule has 2 aromatic rings. The van der Waals surface area contributed by atoms with Gasteiger partial charge in [0, 0.05) is 22.0 Å². The van der Waals surface area contributed by atoms with Crippen LogP contribution < -0.4 is 4.74 Å². The molecule has 6 heteroatoms. The normalized spacial score (nSPS) is 12.6. The van der Waals surface area contributed by atoms with E-state index in [1.807, 2.05) is 0 Å². The second kappa shape index (κ2) is 5.96. The lowest BCUT2D eigenvalue weighted by molar-refractivity contribution is -0.134. The first-order chi connectivity index (χ1) is 11.0. The number of carbonyl (C=O) groups is 3. The van der Waals surface area contributed by atoms with Crippen molar-refractivity contribution in [3.05, 3.63) is 58.7 Å². The molecule has 0 heterocycles. The molecule has 23 heavy (non-hydrogen) atoms. The monoisotopic (exact) mass is 374 g/mol. The van der Waals surface area contributed by atoms with E-state index in [9.17, 15) is 19.5 Å². The van der Waals surface area contributed by atoms with Crippen molar-refractivity contribution in [3.63, 3.8) is 0 Å². The third kappa shape index (κ3) is 2.55. The molecular weight excluding hydrogens is 364 g/mol. The predicted molar refractivity (Wildman–Crippen MR) is 85.5 cm³/mol. The molecule has 3 rings (SSSR count). The van der Waals surface area contributed by atoms with Gasteiger partial charge in [0.15, 0.2) is 23.1 Å². The highest BCUT2D eigenvalue weighted by atomic mass is 79.9. The Labute approximate surface area is 140 Å². The third-order valence-electron chi connectivity index (χ3n) is 3.55. The zero-order chi connectivity index (χ0) is 16.6. The molecule has 0 unspecified atom stereocenters. The van der Waals surface area contributed by atoms with Crippen LogP contribution in [0.1, 0.15) is 38.3 Å². The molecule has 0 saturated heterocycles. The van der Waals surface area contributed by atoms with Gasteiger partial charge in [0.2, 0.25) is 0 Å². The molecule has 0 spiro atoms. The number of hydrogen-bond donors (Lipinski definition) is 1. The zero-order valence-electron chi connectivity index (χ0n) is 11.8. The summed E-state index contributed by atoms with van der Waals surface area (Å²) in [7, 11) is 0. The van der Waals surface area contributed by atoms with Gasteiger partial charge in [-0.1, -0.05) is 40.2 Å². The highest BCUT2D eigenvalue weighted by Gasteiger charge is 2.33. The van der Waals surface area contributed by atoms with Crippen LogP contribution in [0.4, 0.5) is 0 Å². The summed E-state index contributed by atoms with van der Waals surface area (Å²) in [5, 5.41) is 10.7. The molecule has 116 valence electrons. The fraction of sp³-hybridized carbons (Fsp3) is 0.118. The SMILES string of the molecule is O=C(CCBr)Oc1ccc2c(c1O)C(=O)c1ccccc1C2=O. The first-order valence-electron chi connectivity index (χ1n) is 6.85. The lowest BCUT2D eigenvalue weighted by Gasteiger charge is -2.19. The fourth-order valence-corrected chi connectivity index (χ4v) is 2.81. The Balaban J connectivity index is 2.09. The van der Waals surface area contributed by atoms with E-state index in [1.54, 1.807) is 18.2 Å². The van der Waals surface area contributed by atoms with Crippen molar-refractivity contribution in [1.82, 2.24) is 0 Å². The molecule has 0 fully saturated rings. The van der Waals surface area contributed by atoms with E-state index < -0.39 is 17.5 Å². The number of esters is 1. The Hall–Kier alpha value is -2.47. The number of hydrogen-bond acceptors (Lipinski definition) is 5. The maximum atomic E-state index is 12.6. The second-order valence-corrected chi connectivity index (χ2v) is 5.74. The van der Waals surface area contributed by atoms with Crippen LogP contribution >= 0.6 is 15.9 Å². The highest BCUT2D eigenvalue weighted by Crippen LogP contribution is 2.38. The van der Waals surface area contributed by atoms with E-state index in [1.165, 1.54) is 18.2 Å². The maximum Gasteiger partial charge on any atom is 0.312 e. The second-order valence-electron chi connectivity index (χ2n) is 4.95. The van der Waals surface area contributed by atoms with E-state index in [0.29, 0.717) is 10.9 Å². The molecular formula is C17H11BrO5. The molecule has 0 saturated carbocycles. The largest absolute Gasteiger partial charge is 0.504 e. The molecule has 1 aliphatic rings. The van der Waals surface area contributed by atoms with Crippen LogP contribution in [0.3, 0.4) is 0 Å². The molecule has 0 radical (unpaired) electrons. The van der Waals surface area contributed by atoms with Crippen molar-refractivity contribution in [2.24, 2.45) is 0 Å². The van der Waals surface area contributed by atoms with Crippen LogP contribution in [0, 0.1) is 0 Å². The van der Waals surface area contributed by atoms with Gasteiger partial charge in [-0.05, 0) is 12.1 Å². The van der Waals surface area contributed by atoms with Gasteiger partial charge in [0.1, 0.15) is 0 Å². The summed E-state index contributed by atoms with van der Waals surface area (Å²) < 4.78 is 5.04. The predicted octanol–water partition coefficient (Wildman–Crippen LogP) is 2.86.